The number of aromatic nitrogens is 3. The summed E-state index contributed by atoms with van der Waals surface area (Å²) in [6.45, 7) is 0. The lowest BCUT2D eigenvalue weighted by molar-refractivity contribution is 0.461. The number of anilines is 2. The number of halogens is 2. The molecule has 0 radical (unpaired) electrons. The molecule has 4 aromatic rings. The average molecular weight is 450 g/mol. The largest absolute Gasteiger partial charge is 0.493 e. The molecule has 0 atom stereocenters. The van der Waals surface area contributed by atoms with Gasteiger partial charge >= 0.3 is 0 Å². The van der Waals surface area contributed by atoms with Gasteiger partial charge in [0, 0.05) is 16.3 Å². The van der Waals surface area contributed by atoms with E-state index in [0.717, 1.165) is 0 Å². The van der Waals surface area contributed by atoms with Crippen LogP contribution in [-0.4, -0.2) is 28.7 Å². The number of nitrogen functional groups attached to an aromatic ring is 1. The van der Waals surface area contributed by atoms with Gasteiger partial charge in [-0.1, -0.05) is 35.3 Å². The van der Waals surface area contributed by atoms with E-state index in [2.05, 4.69) is 19.9 Å². The van der Waals surface area contributed by atoms with Crippen molar-refractivity contribution >= 4 is 55.6 Å². The van der Waals surface area contributed by atoms with Crippen molar-refractivity contribution in [3.63, 3.8) is 0 Å². The molecule has 0 fully saturated rings. The molecule has 0 saturated heterocycles. The Morgan fingerprint density at radius 2 is 1.79 bits per heavy atom. The van der Waals surface area contributed by atoms with E-state index in [1.54, 1.807) is 30.3 Å². The second kappa shape index (κ2) is 7.11. The van der Waals surface area contributed by atoms with Crippen molar-refractivity contribution in [1.29, 1.82) is 0 Å². The van der Waals surface area contributed by atoms with E-state index in [1.807, 2.05) is 0 Å². The molecule has 4 rings (SSSR count). The lowest BCUT2D eigenvalue weighted by Gasteiger charge is -2.10. The van der Waals surface area contributed by atoms with Crippen LogP contribution >= 0.6 is 23.2 Å². The first-order chi connectivity index (χ1) is 13.7. The highest BCUT2D eigenvalue weighted by Crippen LogP contribution is 2.31. The third-order valence-corrected chi connectivity index (χ3v) is 6.27. The quantitative estimate of drug-likeness (QED) is 0.371. The van der Waals surface area contributed by atoms with Gasteiger partial charge in [0.15, 0.2) is 5.82 Å². The van der Waals surface area contributed by atoms with Crippen LogP contribution in [0, 0.1) is 0 Å². The van der Waals surface area contributed by atoms with Crippen molar-refractivity contribution in [2.45, 2.75) is 4.90 Å². The minimum absolute atomic E-state index is 0.0605. The van der Waals surface area contributed by atoms with Gasteiger partial charge in [-0.15, -0.1) is 0 Å². The number of hydrogen-bond acceptors (Lipinski definition) is 6. The normalized spacial score (nSPS) is 11.7. The predicted octanol–water partition coefficient (Wildman–Crippen LogP) is 4.02. The van der Waals surface area contributed by atoms with Gasteiger partial charge in [-0.2, -0.15) is 5.10 Å². The standard InChI is InChI=1S/C18H13Cl2N5O3S/c19-10-3-6-12(20)15(7-10)29(27,28)25-11-4-1-9(2-5-11)13-8-14-16(18(26)22-13)17(21)24-23-14/h1-8,25H,(H,22,26)(H3,21,23,24). The van der Waals surface area contributed by atoms with Crippen molar-refractivity contribution in [2.24, 2.45) is 0 Å². The lowest BCUT2D eigenvalue weighted by Crippen LogP contribution is -2.13. The Labute approximate surface area is 175 Å². The minimum atomic E-state index is -3.93. The molecule has 29 heavy (non-hydrogen) atoms. The first kappa shape index (κ1) is 19.3. The summed E-state index contributed by atoms with van der Waals surface area (Å²) in [4.78, 5) is 4.00. The molecule has 8 nitrogen and oxygen atoms in total. The maximum atomic E-state index is 12.6. The molecule has 11 heteroatoms. The molecule has 0 aliphatic carbocycles. The predicted molar refractivity (Wildman–Crippen MR) is 113 cm³/mol. The first-order valence-electron chi connectivity index (χ1n) is 8.16. The second-order valence-electron chi connectivity index (χ2n) is 6.12. The molecule has 148 valence electrons. The Bertz CT molecular complexity index is 1340. The molecule has 2 heterocycles. The van der Waals surface area contributed by atoms with E-state index in [9.17, 15) is 13.5 Å². The number of hydrogen-bond donors (Lipinski definition) is 4. The minimum Gasteiger partial charge on any atom is -0.493 e. The van der Waals surface area contributed by atoms with E-state index in [1.165, 1.54) is 18.2 Å². The second-order valence-corrected chi connectivity index (χ2v) is 8.61. The van der Waals surface area contributed by atoms with Crippen LogP contribution in [0.25, 0.3) is 22.2 Å². The number of fused-ring (bicyclic) bond motifs is 1. The Balaban J connectivity index is 1.64. The molecule has 2 aromatic heterocycles. The number of benzene rings is 2. The zero-order valence-corrected chi connectivity index (χ0v) is 16.8. The number of rotatable bonds is 4. The summed E-state index contributed by atoms with van der Waals surface area (Å²) >= 11 is 11.9. The van der Waals surface area contributed by atoms with Gasteiger partial charge in [0.25, 0.3) is 10.0 Å². The molecule has 0 bridgehead atoms. The van der Waals surface area contributed by atoms with Crippen LogP contribution in [0.2, 0.25) is 10.0 Å². The van der Waals surface area contributed by atoms with Crippen LogP contribution in [-0.2, 0) is 10.0 Å². The summed E-state index contributed by atoms with van der Waals surface area (Å²) in [6.07, 6.45) is 0. The SMILES string of the molecule is Nc1n[nH]c2cc(-c3ccc(NS(=O)(=O)c4cc(Cl)ccc4Cl)cc3)nc(O)c12. The summed E-state index contributed by atoms with van der Waals surface area (Å²) in [5.41, 5.74) is 7.66. The molecule has 0 aliphatic heterocycles. The Morgan fingerprint density at radius 3 is 2.52 bits per heavy atom. The van der Waals surface area contributed by atoms with Crippen molar-refractivity contribution in [3.05, 3.63) is 58.6 Å². The molecule has 2 aromatic carbocycles. The number of aromatic amines is 1. The van der Waals surface area contributed by atoms with Crippen molar-refractivity contribution in [2.75, 3.05) is 10.5 Å². The van der Waals surface area contributed by atoms with Crippen LogP contribution in [0.4, 0.5) is 11.5 Å². The van der Waals surface area contributed by atoms with Crippen LogP contribution in [0.1, 0.15) is 0 Å². The number of pyridine rings is 1. The van der Waals surface area contributed by atoms with Gasteiger partial charge in [0.2, 0.25) is 5.88 Å². The smallest absolute Gasteiger partial charge is 0.263 e. The highest BCUT2D eigenvalue weighted by molar-refractivity contribution is 7.92. The van der Waals surface area contributed by atoms with Crippen molar-refractivity contribution in [1.82, 2.24) is 15.2 Å². The van der Waals surface area contributed by atoms with Crippen molar-refractivity contribution in [3.8, 4) is 17.1 Å². The molecule has 5 N–H and O–H groups in total. The third-order valence-electron chi connectivity index (χ3n) is 4.17. The van der Waals surface area contributed by atoms with E-state index < -0.39 is 10.0 Å². The zero-order chi connectivity index (χ0) is 20.8. The Hall–Kier alpha value is -3.01. The van der Waals surface area contributed by atoms with Gasteiger partial charge in [-0.25, -0.2) is 13.4 Å². The van der Waals surface area contributed by atoms with Gasteiger partial charge in [-0.3, -0.25) is 9.82 Å². The van der Waals surface area contributed by atoms with E-state index >= 15 is 0 Å². The zero-order valence-electron chi connectivity index (χ0n) is 14.5. The maximum absolute atomic E-state index is 12.6. The number of H-pyrrole nitrogens is 1. The van der Waals surface area contributed by atoms with E-state index in [4.69, 9.17) is 28.9 Å². The fourth-order valence-corrected chi connectivity index (χ4v) is 4.62. The van der Waals surface area contributed by atoms with Crippen LogP contribution in [0.5, 0.6) is 5.88 Å². The van der Waals surface area contributed by atoms with Gasteiger partial charge in [0.1, 0.15) is 10.3 Å². The lowest BCUT2D eigenvalue weighted by atomic mass is 10.1. The fourth-order valence-electron chi connectivity index (χ4n) is 2.80. The number of aromatic hydroxyl groups is 1. The first-order valence-corrected chi connectivity index (χ1v) is 10.4. The summed E-state index contributed by atoms with van der Waals surface area (Å²) in [6, 6.07) is 12.3. The summed E-state index contributed by atoms with van der Waals surface area (Å²) in [5.74, 6) is -0.0925. The molecular formula is C18H13Cl2N5O3S. The van der Waals surface area contributed by atoms with Crippen molar-refractivity contribution < 1.29 is 13.5 Å². The number of nitrogens with one attached hydrogen (secondary N) is 2. The number of sulfonamides is 1. The summed E-state index contributed by atoms with van der Waals surface area (Å²) < 4.78 is 27.7. The monoisotopic (exact) mass is 449 g/mol. The summed E-state index contributed by atoms with van der Waals surface area (Å²) in [5, 5.41) is 17.3. The van der Waals surface area contributed by atoms with Crippen LogP contribution < -0.4 is 10.5 Å². The van der Waals surface area contributed by atoms with Gasteiger partial charge in [-0.05, 0) is 36.4 Å². The molecule has 0 saturated carbocycles. The topological polar surface area (TPSA) is 134 Å². The van der Waals surface area contributed by atoms with Gasteiger partial charge in [0.05, 0.1) is 16.2 Å². The fraction of sp³-hybridized carbons (Fsp3) is 0. The van der Waals surface area contributed by atoms with Crippen LogP contribution in [0.15, 0.2) is 53.4 Å². The van der Waals surface area contributed by atoms with Crippen LogP contribution in [0.3, 0.4) is 0 Å². The molecule has 0 spiro atoms. The molecule has 0 amide bonds. The molecule has 0 aliphatic rings. The Kier molecular flexibility index (Phi) is 4.73. The Morgan fingerprint density at radius 1 is 1.07 bits per heavy atom. The third kappa shape index (κ3) is 3.67. The molecule has 0 unspecified atom stereocenters. The van der Waals surface area contributed by atoms with E-state index in [-0.39, 0.29) is 26.6 Å². The molecular weight excluding hydrogens is 437 g/mol. The van der Waals surface area contributed by atoms with E-state index in [0.29, 0.717) is 27.8 Å². The van der Waals surface area contributed by atoms with Gasteiger partial charge < -0.3 is 10.8 Å². The average Bonchev–Trinajstić information content (AvgIpc) is 3.05. The highest BCUT2D eigenvalue weighted by atomic mass is 35.5. The maximum Gasteiger partial charge on any atom is 0.263 e. The summed E-state index contributed by atoms with van der Waals surface area (Å²) in [7, 11) is -3.93. The number of nitrogens with zero attached hydrogens (tertiary/aromatic N) is 2. The number of nitrogens with two attached hydrogens (primary N) is 1. The highest BCUT2D eigenvalue weighted by Gasteiger charge is 2.19.